The lowest BCUT2D eigenvalue weighted by molar-refractivity contribution is 0.669. The zero-order chi connectivity index (χ0) is 39.8. The van der Waals surface area contributed by atoms with Crippen molar-refractivity contribution >= 4 is 55.6 Å². The minimum atomic E-state index is -0.0710. The topological polar surface area (TPSA) is 40.8 Å². The number of nitrogens with zero attached hydrogens (tertiary/aromatic N) is 2. The number of hydrogen-bond acceptors (Lipinski definition) is 4. The molecule has 8 aromatic carbocycles. The number of aliphatic imine (C=N–C) groups is 1. The maximum absolute atomic E-state index is 6.77. The van der Waals surface area contributed by atoms with Crippen LogP contribution in [0.25, 0.3) is 60.7 Å². The van der Waals surface area contributed by atoms with E-state index in [2.05, 4.69) is 223 Å². The van der Waals surface area contributed by atoms with Crippen LogP contribution in [-0.2, 0) is 0 Å². The van der Waals surface area contributed by atoms with E-state index in [1.165, 1.54) is 27.5 Å². The summed E-state index contributed by atoms with van der Waals surface area (Å²) in [5, 5.41) is 8.41. The van der Waals surface area contributed by atoms with Crippen molar-refractivity contribution in [3.05, 3.63) is 235 Å². The first-order valence-corrected chi connectivity index (χ1v) is 20.7. The molecule has 1 atom stereocenters. The lowest BCUT2D eigenvalue weighted by Crippen LogP contribution is -2.31. The summed E-state index contributed by atoms with van der Waals surface area (Å²) >= 11 is 0. The number of benzene rings is 8. The van der Waals surface area contributed by atoms with Crippen LogP contribution in [0.4, 0.5) is 11.4 Å². The molecule has 2 aliphatic rings. The summed E-state index contributed by atoms with van der Waals surface area (Å²) in [6, 6.07) is 66.6. The van der Waals surface area contributed by atoms with Gasteiger partial charge in [0.1, 0.15) is 17.0 Å². The molecule has 4 heteroatoms. The summed E-state index contributed by atoms with van der Waals surface area (Å²) in [4.78, 5) is 7.74. The van der Waals surface area contributed by atoms with Gasteiger partial charge in [0.15, 0.2) is 0 Å². The molecule has 60 heavy (non-hydrogen) atoms. The van der Waals surface area contributed by atoms with Crippen molar-refractivity contribution in [2.75, 3.05) is 4.90 Å². The highest BCUT2D eigenvalue weighted by atomic mass is 16.3. The summed E-state index contributed by atoms with van der Waals surface area (Å²) in [7, 11) is 0. The molecule has 4 nitrogen and oxygen atoms in total. The van der Waals surface area contributed by atoms with Gasteiger partial charge in [0, 0.05) is 39.2 Å². The number of rotatable bonds is 8. The third-order valence-corrected chi connectivity index (χ3v) is 11.7. The lowest BCUT2D eigenvalue weighted by Gasteiger charge is -2.28. The summed E-state index contributed by atoms with van der Waals surface area (Å²) in [5.74, 6) is 0.829. The second kappa shape index (κ2) is 15.2. The molecule has 2 heterocycles. The molecule has 0 fully saturated rings. The van der Waals surface area contributed by atoms with Gasteiger partial charge < -0.3 is 14.6 Å². The number of nitrogens with one attached hydrogen (secondary N) is 1. The van der Waals surface area contributed by atoms with Crippen molar-refractivity contribution in [3.8, 4) is 22.3 Å². The monoisotopic (exact) mass is 771 g/mol. The van der Waals surface area contributed by atoms with E-state index >= 15 is 0 Å². The van der Waals surface area contributed by atoms with E-state index in [0.29, 0.717) is 0 Å². The fourth-order valence-corrected chi connectivity index (χ4v) is 8.84. The molecule has 1 aliphatic carbocycles. The van der Waals surface area contributed by atoms with Crippen molar-refractivity contribution in [2.45, 2.75) is 18.9 Å². The number of allylic oxidation sites excluding steroid dienone is 3. The number of amidine groups is 1. The molecule has 0 spiro atoms. The maximum Gasteiger partial charge on any atom is 0.137 e. The van der Waals surface area contributed by atoms with Crippen molar-refractivity contribution in [3.63, 3.8) is 0 Å². The highest BCUT2D eigenvalue weighted by Crippen LogP contribution is 2.43. The van der Waals surface area contributed by atoms with Gasteiger partial charge in [-0.2, -0.15) is 0 Å². The molecule has 0 amide bonds. The van der Waals surface area contributed by atoms with Crippen molar-refractivity contribution in [1.29, 1.82) is 0 Å². The van der Waals surface area contributed by atoms with Gasteiger partial charge in [-0.1, -0.05) is 170 Å². The molecule has 0 radical (unpaired) electrons. The van der Waals surface area contributed by atoms with Crippen LogP contribution in [0.2, 0.25) is 0 Å². The Labute approximate surface area is 349 Å². The summed E-state index contributed by atoms with van der Waals surface area (Å²) in [5.41, 5.74) is 13.8. The van der Waals surface area contributed by atoms with Crippen LogP contribution >= 0.6 is 0 Å². The van der Waals surface area contributed by atoms with E-state index in [-0.39, 0.29) is 6.04 Å². The quantitative estimate of drug-likeness (QED) is 0.167. The fraction of sp³-hybridized carbons (Fsp3) is 0.0536. The van der Waals surface area contributed by atoms with E-state index < -0.39 is 0 Å². The molecular weight excluding hydrogens is 731 g/mol. The van der Waals surface area contributed by atoms with E-state index in [1.54, 1.807) is 0 Å². The Bertz CT molecular complexity index is 3170. The predicted octanol–water partition coefficient (Wildman–Crippen LogP) is 14.6. The molecule has 11 rings (SSSR count). The number of hydrogen-bond donors (Lipinski definition) is 1. The number of furan rings is 1. The Balaban J connectivity index is 1.02. The van der Waals surface area contributed by atoms with Crippen molar-refractivity contribution in [1.82, 2.24) is 5.32 Å². The number of anilines is 2. The first-order chi connectivity index (χ1) is 29.7. The van der Waals surface area contributed by atoms with Gasteiger partial charge in [-0.15, -0.1) is 0 Å². The second-order valence-electron chi connectivity index (χ2n) is 15.4. The van der Waals surface area contributed by atoms with Crippen LogP contribution in [0.5, 0.6) is 0 Å². The van der Waals surface area contributed by atoms with Crippen LogP contribution in [-0.4, -0.2) is 5.84 Å². The Morgan fingerprint density at radius 2 is 1.25 bits per heavy atom. The van der Waals surface area contributed by atoms with Gasteiger partial charge >= 0.3 is 0 Å². The van der Waals surface area contributed by atoms with Crippen LogP contribution < -0.4 is 10.2 Å². The van der Waals surface area contributed by atoms with E-state index in [0.717, 1.165) is 85.6 Å². The molecule has 9 aromatic rings. The third-order valence-electron chi connectivity index (χ3n) is 11.7. The average Bonchev–Trinajstić information content (AvgIpc) is 3.71. The van der Waals surface area contributed by atoms with Gasteiger partial charge in [-0.25, -0.2) is 4.99 Å². The fourth-order valence-electron chi connectivity index (χ4n) is 8.84. The summed E-state index contributed by atoms with van der Waals surface area (Å²) < 4.78 is 6.77. The predicted molar refractivity (Wildman–Crippen MR) is 250 cm³/mol. The molecule has 1 aromatic heterocycles. The Morgan fingerprint density at radius 1 is 0.550 bits per heavy atom. The molecule has 1 unspecified atom stereocenters. The second-order valence-corrected chi connectivity index (χ2v) is 15.4. The lowest BCUT2D eigenvalue weighted by atomic mass is 9.93. The van der Waals surface area contributed by atoms with E-state index in [1.807, 2.05) is 0 Å². The van der Waals surface area contributed by atoms with Gasteiger partial charge in [-0.05, 0) is 88.0 Å². The average molecular weight is 772 g/mol. The Hall–Kier alpha value is -7.69. The van der Waals surface area contributed by atoms with Gasteiger partial charge in [0.05, 0.1) is 17.4 Å². The summed E-state index contributed by atoms with van der Waals surface area (Å²) in [6.45, 7) is 0. The van der Waals surface area contributed by atoms with Crippen molar-refractivity contribution in [2.24, 2.45) is 4.99 Å². The molecule has 0 saturated heterocycles. The Kier molecular flexibility index (Phi) is 9.01. The largest absolute Gasteiger partial charge is 0.456 e. The molecule has 0 bridgehead atoms. The van der Waals surface area contributed by atoms with Crippen LogP contribution in [0.15, 0.2) is 227 Å². The maximum atomic E-state index is 6.77. The van der Waals surface area contributed by atoms with Crippen LogP contribution in [0, 0.1) is 0 Å². The molecule has 286 valence electrons. The van der Waals surface area contributed by atoms with Gasteiger partial charge in [-0.3, -0.25) is 0 Å². The highest BCUT2D eigenvalue weighted by molar-refractivity contribution is 6.16. The first-order valence-electron chi connectivity index (χ1n) is 20.7. The first kappa shape index (κ1) is 35.5. The molecular formula is C56H41N3O. The van der Waals surface area contributed by atoms with Crippen LogP contribution in [0.3, 0.4) is 0 Å². The highest BCUT2D eigenvalue weighted by Gasteiger charge is 2.24. The van der Waals surface area contributed by atoms with E-state index in [9.17, 15) is 0 Å². The molecule has 1 aliphatic heterocycles. The molecule has 1 N–H and O–H groups in total. The molecule has 0 saturated carbocycles. The minimum absolute atomic E-state index is 0.0710. The van der Waals surface area contributed by atoms with Gasteiger partial charge in [0.25, 0.3) is 0 Å². The zero-order valence-electron chi connectivity index (χ0n) is 33.0. The van der Waals surface area contributed by atoms with Gasteiger partial charge in [0.2, 0.25) is 0 Å². The van der Waals surface area contributed by atoms with Crippen LogP contribution in [0.1, 0.15) is 35.6 Å². The number of fused-ring (bicyclic) bond motifs is 4. The zero-order valence-corrected chi connectivity index (χ0v) is 33.0. The smallest absolute Gasteiger partial charge is 0.137 e. The normalized spacial score (nSPS) is 15.1. The minimum Gasteiger partial charge on any atom is -0.456 e. The summed E-state index contributed by atoms with van der Waals surface area (Å²) in [6.07, 6.45) is 11.1. The van der Waals surface area contributed by atoms with E-state index in [4.69, 9.17) is 9.41 Å². The standard InChI is InChI=1S/C56H41N3O/c1-4-16-38(17-5-1)39-30-32-42(33-31-39)51-37-50(41-19-6-2-7-20-41)57-56(58-51)48-26-13-12-25-46(48)47-27-15-29-53-55(47)49-35-34-44(36-54(49)60-53)59(43-22-8-3-9-23-43)52-28-14-21-40-18-10-11-24-45(40)52/h1-2,4-8,10-37,50H,3,9H2,(H,57,58). The Morgan fingerprint density at radius 3 is 2.08 bits per heavy atom. The third kappa shape index (κ3) is 6.49. The SMILES string of the molecule is C1=CC(N(c2ccc3c(c2)oc2cccc(-c4ccccc4C4=NC(c5ccc(-c6ccccc6)cc5)=CC(c5ccccc5)N4)c23)c2cccc3ccccc23)=CCC1. The van der Waals surface area contributed by atoms with Crippen molar-refractivity contribution < 1.29 is 4.42 Å².